The molecule has 0 radical (unpaired) electrons. The Morgan fingerprint density at radius 2 is 2.14 bits per heavy atom. The van der Waals surface area contributed by atoms with Crippen LogP contribution in [0.25, 0.3) is 0 Å². The second-order valence-corrected chi connectivity index (χ2v) is 6.63. The number of hydrogen-bond donors (Lipinski definition) is 0. The SMILES string of the molecule is C[C@H]1CCN(C(=O)CCOCC(F)(F)F)c2ccccc2S1. The molecule has 0 saturated carbocycles. The van der Waals surface area contributed by atoms with Crippen LogP contribution >= 0.6 is 11.8 Å². The highest BCUT2D eigenvalue weighted by atomic mass is 32.2. The second kappa shape index (κ2) is 7.37. The van der Waals surface area contributed by atoms with Crippen molar-refractivity contribution in [3.63, 3.8) is 0 Å². The first-order valence-corrected chi connectivity index (χ1v) is 7.95. The Morgan fingerprint density at radius 3 is 2.86 bits per heavy atom. The molecule has 0 saturated heterocycles. The van der Waals surface area contributed by atoms with E-state index in [2.05, 4.69) is 11.7 Å². The van der Waals surface area contributed by atoms with Crippen LogP contribution in [0.4, 0.5) is 18.9 Å². The number of carbonyl (C=O) groups is 1. The fourth-order valence-corrected chi connectivity index (χ4v) is 3.34. The summed E-state index contributed by atoms with van der Waals surface area (Å²) in [5.74, 6) is -0.204. The number of hydrogen-bond acceptors (Lipinski definition) is 3. The Bertz CT molecular complexity index is 522. The summed E-state index contributed by atoms with van der Waals surface area (Å²) in [4.78, 5) is 15.0. The van der Waals surface area contributed by atoms with Gasteiger partial charge in [0.1, 0.15) is 6.61 Å². The van der Waals surface area contributed by atoms with Crippen LogP contribution in [0.5, 0.6) is 0 Å². The van der Waals surface area contributed by atoms with Crippen LogP contribution < -0.4 is 4.90 Å². The van der Waals surface area contributed by atoms with Crippen LogP contribution in [0.15, 0.2) is 29.2 Å². The zero-order chi connectivity index (χ0) is 16.2. The third kappa shape index (κ3) is 4.91. The van der Waals surface area contributed by atoms with Gasteiger partial charge in [0.15, 0.2) is 0 Å². The van der Waals surface area contributed by atoms with Gasteiger partial charge in [-0.1, -0.05) is 19.1 Å². The number of fused-ring (bicyclic) bond motifs is 1. The van der Waals surface area contributed by atoms with E-state index in [-0.39, 0.29) is 18.9 Å². The van der Waals surface area contributed by atoms with Gasteiger partial charge in [0.25, 0.3) is 0 Å². The lowest BCUT2D eigenvalue weighted by Gasteiger charge is -2.22. The molecule has 122 valence electrons. The zero-order valence-corrected chi connectivity index (χ0v) is 13.0. The average Bonchev–Trinajstić information content (AvgIpc) is 2.60. The van der Waals surface area contributed by atoms with Crippen molar-refractivity contribution in [2.45, 2.75) is 36.1 Å². The molecular formula is C15H18F3NO2S. The van der Waals surface area contributed by atoms with Crippen LogP contribution in [0.2, 0.25) is 0 Å². The molecule has 0 aromatic heterocycles. The monoisotopic (exact) mass is 333 g/mol. The minimum absolute atomic E-state index is 0.0521. The first-order valence-electron chi connectivity index (χ1n) is 7.07. The molecule has 0 N–H and O–H groups in total. The van der Waals surface area contributed by atoms with E-state index in [1.54, 1.807) is 16.7 Å². The first kappa shape index (κ1) is 17.1. The van der Waals surface area contributed by atoms with Gasteiger partial charge in [-0.2, -0.15) is 13.2 Å². The summed E-state index contributed by atoms with van der Waals surface area (Å²) >= 11 is 1.71. The van der Waals surface area contributed by atoms with Gasteiger partial charge in [-0.05, 0) is 18.6 Å². The fourth-order valence-electron chi connectivity index (χ4n) is 2.23. The highest BCUT2D eigenvalue weighted by Gasteiger charge is 2.28. The minimum atomic E-state index is -4.36. The number of para-hydroxylation sites is 1. The van der Waals surface area contributed by atoms with E-state index in [4.69, 9.17) is 0 Å². The third-order valence-electron chi connectivity index (χ3n) is 3.27. The molecule has 1 aliphatic rings. The molecule has 2 rings (SSSR count). The number of alkyl halides is 3. The van der Waals surface area contributed by atoms with E-state index in [0.29, 0.717) is 11.8 Å². The number of halogens is 3. The van der Waals surface area contributed by atoms with E-state index in [9.17, 15) is 18.0 Å². The molecule has 0 spiro atoms. The molecule has 0 aliphatic carbocycles. The van der Waals surface area contributed by atoms with Crippen LogP contribution in [0.1, 0.15) is 19.8 Å². The van der Waals surface area contributed by atoms with Crippen molar-refractivity contribution in [2.24, 2.45) is 0 Å². The minimum Gasteiger partial charge on any atom is -0.372 e. The molecule has 1 atom stereocenters. The van der Waals surface area contributed by atoms with E-state index in [1.807, 2.05) is 24.3 Å². The van der Waals surface area contributed by atoms with Gasteiger partial charge in [-0.3, -0.25) is 4.79 Å². The summed E-state index contributed by atoms with van der Waals surface area (Å²) in [7, 11) is 0. The predicted molar refractivity (Wildman–Crippen MR) is 80.2 cm³/mol. The van der Waals surface area contributed by atoms with Crippen LogP contribution in [-0.4, -0.2) is 37.1 Å². The quantitative estimate of drug-likeness (QED) is 0.783. The van der Waals surface area contributed by atoms with Crippen molar-refractivity contribution in [2.75, 3.05) is 24.7 Å². The second-order valence-electron chi connectivity index (χ2n) is 5.15. The van der Waals surface area contributed by atoms with Gasteiger partial charge in [0.05, 0.1) is 18.7 Å². The fraction of sp³-hybridized carbons (Fsp3) is 0.533. The van der Waals surface area contributed by atoms with Crippen molar-refractivity contribution in [1.82, 2.24) is 0 Å². The summed E-state index contributed by atoms with van der Waals surface area (Å²) in [5.41, 5.74) is 0.831. The highest BCUT2D eigenvalue weighted by Crippen LogP contribution is 2.37. The van der Waals surface area contributed by atoms with E-state index in [1.165, 1.54) is 0 Å². The summed E-state index contributed by atoms with van der Waals surface area (Å²) in [6.07, 6.45) is -3.57. The molecule has 7 heteroatoms. The van der Waals surface area contributed by atoms with Crippen LogP contribution in [0.3, 0.4) is 0 Å². The lowest BCUT2D eigenvalue weighted by Crippen LogP contribution is -2.33. The smallest absolute Gasteiger partial charge is 0.372 e. The molecule has 1 aliphatic heterocycles. The summed E-state index contributed by atoms with van der Waals surface area (Å²) in [6.45, 7) is 1.13. The molecule has 1 heterocycles. The highest BCUT2D eigenvalue weighted by molar-refractivity contribution is 8.00. The maximum Gasteiger partial charge on any atom is 0.411 e. The standard InChI is InChI=1S/C15H18F3NO2S/c1-11-6-8-19(12-4-2-3-5-13(12)22-11)14(20)7-9-21-10-15(16,17)18/h2-5,11H,6-10H2,1H3/t11-/m0/s1. The zero-order valence-electron chi connectivity index (χ0n) is 12.2. The number of rotatable bonds is 4. The van der Waals surface area contributed by atoms with Crippen molar-refractivity contribution in [3.8, 4) is 0 Å². The largest absolute Gasteiger partial charge is 0.411 e. The number of benzene rings is 1. The Morgan fingerprint density at radius 1 is 1.41 bits per heavy atom. The summed E-state index contributed by atoms with van der Waals surface area (Å²) in [5, 5.41) is 0.389. The van der Waals surface area contributed by atoms with Gasteiger partial charge < -0.3 is 9.64 Å². The van der Waals surface area contributed by atoms with Gasteiger partial charge in [-0.25, -0.2) is 0 Å². The van der Waals surface area contributed by atoms with E-state index < -0.39 is 12.8 Å². The average molecular weight is 333 g/mol. The van der Waals surface area contributed by atoms with Crippen molar-refractivity contribution < 1.29 is 22.7 Å². The van der Waals surface area contributed by atoms with Crippen LogP contribution in [-0.2, 0) is 9.53 Å². The van der Waals surface area contributed by atoms with Crippen molar-refractivity contribution >= 4 is 23.4 Å². The topological polar surface area (TPSA) is 29.5 Å². The van der Waals surface area contributed by atoms with Gasteiger partial charge in [0, 0.05) is 16.7 Å². The number of ether oxygens (including phenoxy) is 1. The number of amides is 1. The summed E-state index contributed by atoms with van der Waals surface area (Å²) < 4.78 is 40.5. The molecule has 1 amide bonds. The molecule has 22 heavy (non-hydrogen) atoms. The van der Waals surface area contributed by atoms with Crippen molar-refractivity contribution in [1.29, 1.82) is 0 Å². The predicted octanol–water partition coefficient (Wildman–Crippen LogP) is 3.87. The molecule has 0 fully saturated rings. The van der Waals surface area contributed by atoms with E-state index in [0.717, 1.165) is 17.0 Å². The molecule has 1 aromatic rings. The van der Waals surface area contributed by atoms with Gasteiger partial charge in [-0.15, -0.1) is 11.8 Å². The molecule has 1 aromatic carbocycles. The Balaban J connectivity index is 1.97. The third-order valence-corrected chi connectivity index (χ3v) is 4.51. The maximum absolute atomic E-state index is 12.3. The molecular weight excluding hydrogens is 315 g/mol. The Kier molecular flexibility index (Phi) is 5.74. The normalized spacial score (nSPS) is 18.7. The maximum atomic E-state index is 12.3. The molecule has 0 bridgehead atoms. The summed E-state index contributed by atoms with van der Waals surface area (Å²) in [6, 6.07) is 7.60. The molecule has 3 nitrogen and oxygen atoms in total. The number of thioether (sulfide) groups is 1. The molecule has 0 unspecified atom stereocenters. The Labute approximate surface area is 131 Å². The first-order chi connectivity index (χ1) is 10.4. The Hall–Kier alpha value is -1.21. The van der Waals surface area contributed by atoms with Gasteiger partial charge in [0.2, 0.25) is 5.91 Å². The van der Waals surface area contributed by atoms with Crippen LogP contribution in [0, 0.1) is 0 Å². The van der Waals surface area contributed by atoms with E-state index >= 15 is 0 Å². The lowest BCUT2D eigenvalue weighted by molar-refractivity contribution is -0.174. The lowest BCUT2D eigenvalue weighted by atomic mass is 10.2. The van der Waals surface area contributed by atoms with Crippen molar-refractivity contribution in [3.05, 3.63) is 24.3 Å². The number of carbonyl (C=O) groups excluding carboxylic acids is 1. The van der Waals surface area contributed by atoms with Gasteiger partial charge >= 0.3 is 6.18 Å². The number of nitrogens with zero attached hydrogens (tertiary/aromatic N) is 1. The number of anilines is 1.